The average Bonchev–Trinajstić information content (AvgIpc) is 3.06. The van der Waals surface area contributed by atoms with E-state index in [4.69, 9.17) is 4.74 Å². The number of anilines is 2. The number of imidazole rings is 2. The van der Waals surface area contributed by atoms with Crippen LogP contribution in [0.5, 0.6) is 5.75 Å². The molecule has 23 heavy (non-hydrogen) atoms. The number of aromatic nitrogens is 4. The molecule has 0 aliphatic heterocycles. The molecular formula is C17H17N5O. The minimum Gasteiger partial charge on any atom is -0.497 e. The molecule has 0 unspecified atom stereocenters. The van der Waals surface area contributed by atoms with E-state index in [0.717, 1.165) is 39.7 Å². The summed E-state index contributed by atoms with van der Waals surface area (Å²) in [7, 11) is 5.62. The van der Waals surface area contributed by atoms with Crippen molar-refractivity contribution < 1.29 is 4.74 Å². The number of para-hydroxylation sites is 2. The fourth-order valence-electron chi connectivity index (χ4n) is 2.78. The predicted octanol–water partition coefficient (Wildman–Crippen LogP) is 3.21. The number of rotatable bonds is 3. The van der Waals surface area contributed by atoms with Crippen LogP contribution in [0.25, 0.3) is 22.1 Å². The Morgan fingerprint density at radius 3 is 2.22 bits per heavy atom. The van der Waals surface area contributed by atoms with Gasteiger partial charge in [0.15, 0.2) is 0 Å². The highest BCUT2D eigenvalue weighted by atomic mass is 16.5. The normalized spacial score (nSPS) is 11.3. The molecule has 0 radical (unpaired) electrons. The monoisotopic (exact) mass is 307 g/mol. The van der Waals surface area contributed by atoms with Crippen LogP contribution in [0.3, 0.4) is 0 Å². The molecular weight excluding hydrogens is 290 g/mol. The molecule has 0 amide bonds. The fraction of sp³-hybridized carbons (Fsp3) is 0.176. The largest absolute Gasteiger partial charge is 0.497 e. The van der Waals surface area contributed by atoms with E-state index in [-0.39, 0.29) is 0 Å². The van der Waals surface area contributed by atoms with Gasteiger partial charge < -0.3 is 13.9 Å². The van der Waals surface area contributed by atoms with Crippen LogP contribution >= 0.6 is 0 Å². The van der Waals surface area contributed by atoms with E-state index in [1.165, 1.54) is 0 Å². The second kappa shape index (κ2) is 5.01. The first-order valence-electron chi connectivity index (χ1n) is 7.36. The van der Waals surface area contributed by atoms with Crippen molar-refractivity contribution in [2.75, 3.05) is 12.4 Å². The van der Waals surface area contributed by atoms with Crippen molar-refractivity contribution in [3.63, 3.8) is 0 Å². The smallest absolute Gasteiger partial charge is 0.210 e. The number of fused-ring (bicyclic) bond motifs is 2. The van der Waals surface area contributed by atoms with Gasteiger partial charge in [-0.25, -0.2) is 9.97 Å². The van der Waals surface area contributed by atoms with Crippen molar-refractivity contribution in [1.29, 1.82) is 0 Å². The van der Waals surface area contributed by atoms with Gasteiger partial charge in [-0.3, -0.25) is 5.32 Å². The van der Waals surface area contributed by atoms with Crippen molar-refractivity contribution in [3.05, 3.63) is 42.5 Å². The van der Waals surface area contributed by atoms with Gasteiger partial charge >= 0.3 is 0 Å². The van der Waals surface area contributed by atoms with Crippen LogP contribution < -0.4 is 10.1 Å². The molecule has 4 rings (SSSR count). The third-order valence-electron chi connectivity index (χ3n) is 4.10. The summed E-state index contributed by atoms with van der Waals surface area (Å²) in [6.45, 7) is 0. The molecule has 0 atom stereocenters. The van der Waals surface area contributed by atoms with Crippen molar-refractivity contribution in [2.24, 2.45) is 14.1 Å². The Labute approximate surface area is 133 Å². The zero-order chi connectivity index (χ0) is 16.0. The lowest BCUT2D eigenvalue weighted by molar-refractivity contribution is 0.415. The van der Waals surface area contributed by atoms with Crippen LogP contribution in [0.1, 0.15) is 0 Å². The van der Waals surface area contributed by atoms with Crippen molar-refractivity contribution in [2.45, 2.75) is 0 Å². The minimum atomic E-state index is 0.742. The molecule has 2 aromatic carbocycles. The zero-order valence-corrected chi connectivity index (χ0v) is 13.2. The molecule has 1 N–H and O–H groups in total. The van der Waals surface area contributed by atoms with Gasteiger partial charge in [0.25, 0.3) is 0 Å². The molecule has 0 spiro atoms. The zero-order valence-electron chi connectivity index (χ0n) is 13.2. The molecule has 0 bridgehead atoms. The topological polar surface area (TPSA) is 56.9 Å². The van der Waals surface area contributed by atoms with Crippen molar-refractivity contribution in [3.8, 4) is 5.75 Å². The Morgan fingerprint density at radius 2 is 1.52 bits per heavy atom. The van der Waals surface area contributed by atoms with Crippen molar-refractivity contribution in [1.82, 2.24) is 19.1 Å². The first-order chi connectivity index (χ1) is 11.2. The van der Waals surface area contributed by atoms with Crippen molar-refractivity contribution >= 4 is 34.0 Å². The number of methoxy groups -OCH3 is 1. The first kappa shape index (κ1) is 13.6. The lowest BCUT2D eigenvalue weighted by atomic mass is 10.3. The summed E-state index contributed by atoms with van der Waals surface area (Å²) in [4.78, 5) is 9.27. The molecule has 2 heterocycles. The highest BCUT2D eigenvalue weighted by molar-refractivity contribution is 5.82. The molecule has 0 aliphatic carbocycles. The first-order valence-corrected chi connectivity index (χ1v) is 7.36. The van der Waals surface area contributed by atoms with E-state index in [2.05, 4.69) is 15.3 Å². The molecule has 4 aromatic rings. The summed E-state index contributed by atoms with van der Waals surface area (Å²) >= 11 is 0. The second-order valence-electron chi connectivity index (χ2n) is 5.46. The van der Waals surface area contributed by atoms with Gasteiger partial charge in [-0.2, -0.15) is 0 Å². The SMILES string of the molecule is COc1ccc2c(c1)nc(Nc1nc3ccccc3n1C)n2C. The van der Waals surface area contributed by atoms with Crippen LogP contribution in [0.2, 0.25) is 0 Å². The van der Waals surface area contributed by atoms with Gasteiger partial charge in [-0.1, -0.05) is 12.1 Å². The molecule has 6 nitrogen and oxygen atoms in total. The average molecular weight is 307 g/mol. The molecule has 0 saturated carbocycles. The summed E-state index contributed by atoms with van der Waals surface area (Å²) in [6, 6.07) is 13.9. The third kappa shape index (κ3) is 2.11. The van der Waals surface area contributed by atoms with E-state index in [0.29, 0.717) is 0 Å². The Balaban J connectivity index is 1.79. The van der Waals surface area contributed by atoms with Crippen LogP contribution in [-0.4, -0.2) is 26.2 Å². The summed E-state index contributed by atoms with van der Waals surface area (Å²) in [5.41, 5.74) is 3.95. The van der Waals surface area contributed by atoms with Crippen LogP contribution in [0.15, 0.2) is 42.5 Å². The summed E-state index contributed by atoms with van der Waals surface area (Å²) < 4.78 is 9.29. The molecule has 0 aliphatic rings. The highest BCUT2D eigenvalue weighted by Crippen LogP contribution is 2.26. The van der Waals surface area contributed by atoms with Gasteiger partial charge in [0.2, 0.25) is 11.9 Å². The fourth-order valence-corrected chi connectivity index (χ4v) is 2.78. The van der Waals surface area contributed by atoms with E-state index in [1.54, 1.807) is 7.11 Å². The highest BCUT2D eigenvalue weighted by Gasteiger charge is 2.12. The van der Waals surface area contributed by atoms with E-state index in [9.17, 15) is 0 Å². The summed E-state index contributed by atoms with van der Waals surface area (Å²) in [5.74, 6) is 2.30. The molecule has 116 valence electrons. The summed E-state index contributed by atoms with van der Waals surface area (Å²) in [5, 5.41) is 3.32. The van der Waals surface area contributed by atoms with Crippen LogP contribution in [0, 0.1) is 0 Å². The lowest BCUT2D eigenvalue weighted by Crippen LogP contribution is -2.04. The lowest BCUT2D eigenvalue weighted by Gasteiger charge is -2.06. The summed E-state index contributed by atoms with van der Waals surface area (Å²) in [6.07, 6.45) is 0. The minimum absolute atomic E-state index is 0.742. The predicted molar refractivity (Wildman–Crippen MR) is 91.3 cm³/mol. The van der Waals surface area contributed by atoms with Crippen LogP contribution in [-0.2, 0) is 14.1 Å². The number of nitrogens with one attached hydrogen (secondary N) is 1. The number of nitrogens with zero attached hydrogens (tertiary/aromatic N) is 4. The number of ether oxygens (including phenoxy) is 1. The van der Waals surface area contributed by atoms with E-state index in [1.807, 2.05) is 65.7 Å². The Hall–Kier alpha value is -3.02. The van der Waals surface area contributed by atoms with Gasteiger partial charge in [0, 0.05) is 20.2 Å². The molecule has 0 saturated heterocycles. The maximum absolute atomic E-state index is 5.26. The molecule has 0 fully saturated rings. The van der Waals surface area contributed by atoms with E-state index < -0.39 is 0 Å². The third-order valence-corrected chi connectivity index (χ3v) is 4.10. The Kier molecular flexibility index (Phi) is 2.97. The van der Waals surface area contributed by atoms with E-state index >= 15 is 0 Å². The Morgan fingerprint density at radius 1 is 0.870 bits per heavy atom. The van der Waals surface area contributed by atoms with Gasteiger partial charge in [0.05, 0.1) is 29.2 Å². The van der Waals surface area contributed by atoms with Gasteiger partial charge in [0.1, 0.15) is 5.75 Å². The van der Waals surface area contributed by atoms with Crippen LogP contribution in [0.4, 0.5) is 11.9 Å². The number of hydrogen-bond donors (Lipinski definition) is 1. The molecule has 6 heteroatoms. The Bertz CT molecular complexity index is 1010. The number of hydrogen-bond acceptors (Lipinski definition) is 4. The maximum Gasteiger partial charge on any atom is 0.210 e. The number of aryl methyl sites for hydroxylation is 2. The quantitative estimate of drug-likeness (QED) is 0.631. The molecule has 2 aromatic heterocycles. The standard InChI is InChI=1S/C17H17N5O/c1-21-14-7-5-4-6-12(14)18-16(21)20-17-19-13-10-11(23-3)8-9-15(13)22(17)2/h4-10H,1-3H3,(H,18,19,20). The second-order valence-corrected chi connectivity index (χ2v) is 5.46. The maximum atomic E-state index is 5.26. The van der Waals surface area contributed by atoms with Gasteiger partial charge in [-0.05, 0) is 24.3 Å². The number of benzene rings is 2. The van der Waals surface area contributed by atoms with Gasteiger partial charge in [-0.15, -0.1) is 0 Å².